The first-order valence-corrected chi connectivity index (χ1v) is 6.76. The van der Waals surface area contributed by atoms with Gasteiger partial charge in [-0.1, -0.05) is 18.5 Å². The first-order chi connectivity index (χ1) is 9.72. The lowest BCUT2D eigenvalue weighted by Gasteiger charge is -2.10. The molecule has 0 aliphatic heterocycles. The second-order valence-corrected chi connectivity index (χ2v) is 4.75. The van der Waals surface area contributed by atoms with E-state index in [1.165, 1.54) is 0 Å². The maximum atomic E-state index is 9.10. The normalized spacial score (nSPS) is 9.85. The molecule has 0 saturated heterocycles. The van der Waals surface area contributed by atoms with Crippen molar-refractivity contribution in [3.05, 3.63) is 47.2 Å². The highest BCUT2D eigenvalue weighted by Gasteiger charge is 2.04. The zero-order valence-electron chi connectivity index (χ0n) is 11.2. The molecule has 0 atom stereocenters. The summed E-state index contributed by atoms with van der Waals surface area (Å²) in [4.78, 5) is 4.17. The summed E-state index contributed by atoms with van der Waals surface area (Å²) in [5.74, 6) is 0. The highest BCUT2D eigenvalue weighted by molar-refractivity contribution is 6.30. The number of hydrogen-bond acceptors (Lipinski definition) is 4. The Morgan fingerprint density at radius 3 is 2.80 bits per heavy atom. The Hall–Kier alpha value is -2.25. The molecule has 2 N–H and O–H groups in total. The summed E-state index contributed by atoms with van der Waals surface area (Å²) in [6.45, 7) is 3.00. The Balaban J connectivity index is 2.22. The van der Waals surface area contributed by atoms with E-state index in [0.717, 1.165) is 24.3 Å². The summed E-state index contributed by atoms with van der Waals surface area (Å²) in [5, 5.41) is 16.1. The number of aromatic nitrogens is 1. The molecule has 0 aliphatic rings. The lowest BCUT2D eigenvalue weighted by molar-refractivity contribution is 0.978. The van der Waals surface area contributed by atoms with Crippen LogP contribution < -0.4 is 10.6 Å². The zero-order chi connectivity index (χ0) is 14.4. The Kier molecular flexibility index (Phi) is 4.80. The van der Waals surface area contributed by atoms with Gasteiger partial charge in [-0.3, -0.25) is 4.98 Å². The fourth-order valence-corrected chi connectivity index (χ4v) is 1.92. The number of pyridine rings is 1. The predicted octanol–water partition coefficient (Wildman–Crippen LogP) is 4.17. The van der Waals surface area contributed by atoms with Crippen LogP contribution in [0, 0.1) is 11.3 Å². The van der Waals surface area contributed by atoms with Crippen LogP contribution in [0.15, 0.2) is 36.7 Å². The fourth-order valence-electron chi connectivity index (χ4n) is 1.75. The van der Waals surface area contributed by atoms with Gasteiger partial charge in [0, 0.05) is 11.6 Å². The molecular weight excluding hydrogens is 272 g/mol. The Morgan fingerprint density at radius 1 is 1.25 bits per heavy atom. The lowest BCUT2D eigenvalue weighted by atomic mass is 10.2. The predicted molar refractivity (Wildman–Crippen MR) is 82.5 cm³/mol. The summed E-state index contributed by atoms with van der Waals surface area (Å²) in [5.41, 5.74) is 2.97. The summed E-state index contributed by atoms with van der Waals surface area (Å²) in [6, 6.07) is 9.20. The first kappa shape index (κ1) is 14.2. The van der Waals surface area contributed by atoms with Gasteiger partial charge in [-0.25, -0.2) is 0 Å². The van der Waals surface area contributed by atoms with Crippen molar-refractivity contribution in [2.24, 2.45) is 0 Å². The second-order valence-electron chi connectivity index (χ2n) is 4.32. The standard InChI is InChI=1S/C15H15ClN4/c1-2-5-19-13-7-14(10-18-9-13)20-15-6-12(16)4-3-11(15)8-17/h3-4,6-7,9-10,19-20H,2,5H2,1H3. The second kappa shape index (κ2) is 6.78. The van der Waals surface area contributed by atoms with E-state index >= 15 is 0 Å². The third kappa shape index (κ3) is 3.62. The van der Waals surface area contributed by atoms with Crippen molar-refractivity contribution in [3.63, 3.8) is 0 Å². The molecule has 0 bridgehead atoms. The van der Waals surface area contributed by atoms with E-state index < -0.39 is 0 Å². The van der Waals surface area contributed by atoms with Crippen LogP contribution in [-0.2, 0) is 0 Å². The van der Waals surface area contributed by atoms with Crippen LogP contribution in [0.25, 0.3) is 0 Å². The van der Waals surface area contributed by atoms with Crippen molar-refractivity contribution in [1.82, 2.24) is 4.98 Å². The molecule has 0 aliphatic carbocycles. The van der Waals surface area contributed by atoms with Gasteiger partial charge in [0.1, 0.15) is 6.07 Å². The van der Waals surface area contributed by atoms with Gasteiger partial charge in [0.05, 0.1) is 35.0 Å². The minimum Gasteiger partial charge on any atom is -0.384 e. The number of nitrogens with one attached hydrogen (secondary N) is 2. The van der Waals surface area contributed by atoms with Crippen molar-refractivity contribution < 1.29 is 0 Å². The summed E-state index contributed by atoms with van der Waals surface area (Å²) >= 11 is 5.96. The Morgan fingerprint density at radius 2 is 2.05 bits per heavy atom. The van der Waals surface area contributed by atoms with E-state index in [4.69, 9.17) is 16.9 Å². The van der Waals surface area contributed by atoms with Gasteiger partial charge in [-0.05, 0) is 30.7 Å². The van der Waals surface area contributed by atoms with Gasteiger partial charge in [-0.15, -0.1) is 0 Å². The smallest absolute Gasteiger partial charge is 0.101 e. The van der Waals surface area contributed by atoms with Crippen LogP contribution in [-0.4, -0.2) is 11.5 Å². The molecule has 2 rings (SSSR count). The number of halogens is 1. The molecule has 102 valence electrons. The van der Waals surface area contributed by atoms with Gasteiger partial charge >= 0.3 is 0 Å². The topological polar surface area (TPSA) is 60.7 Å². The molecular formula is C15H15ClN4. The number of nitrogens with zero attached hydrogens (tertiary/aromatic N) is 2. The van der Waals surface area contributed by atoms with E-state index in [1.54, 1.807) is 30.6 Å². The average Bonchev–Trinajstić information content (AvgIpc) is 2.46. The molecule has 20 heavy (non-hydrogen) atoms. The minimum absolute atomic E-state index is 0.543. The maximum Gasteiger partial charge on any atom is 0.101 e. The van der Waals surface area contributed by atoms with Crippen LogP contribution in [0.3, 0.4) is 0 Å². The highest BCUT2D eigenvalue weighted by Crippen LogP contribution is 2.25. The number of benzene rings is 1. The fraction of sp³-hybridized carbons (Fsp3) is 0.200. The van der Waals surface area contributed by atoms with Crippen LogP contribution in [0.4, 0.5) is 17.1 Å². The van der Waals surface area contributed by atoms with Gasteiger partial charge < -0.3 is 10.6 Å². The number of anilines is 3. The first-order valence-electron chi connectivity index (χ1n) is 6.38. The van der Waals surface area contributed by atoms with Crippen molar-refractivity contribution >= 4 is 28.7 Å². The molecule has 0 saturated carbocycles. The summed E-state index contributed by atoms with van der Waals surface area (Å²) in [7, 11) is 0. The van der Waals surface area contributed by atoms with Crippen LogP contribution in [0.2, 0.25) is 5.02 Å². The molecule has 0 unspecified atom stereocenters. The third-order valence-electron chi connectivity index (χ3n) is 2.70. The van der Waals surface area contributed by atoms with Crippen molar-refractivity contribution in [2.45, 2.75) is 13.3 Å². The van der Waals surface area contributed by atoms with Crippen molar-refractivity contribution in [2.75, 3.05) is 17.2 Å². The molecule has 2 aromatic rings. The molecule has 5 heteroatoms. The van der Waals surface area contributed by atoms with E-state index in [-0.39, 0.29) is 0 Å². The summed E-state index contributed by atoms with van der Waals surface area (Å²) < 4.78 is 0. The molecule has 1 heterocycles. The minimum atomic E-state index is 0.543. The average molecular weight is 287 g/mol. The van der Waals surface area contributed by atoms with E-state index in [2.05, 4.69) is 28.6 Å². The van der Waals surface area contributed by atoms with Crippen LogP contribution >= 0.6 is 11.6 Å². The molecule has 0 radical (unpaired) electrons. The monoisotopic (exact) mass is 286 g/mol. The summed E-state index contributed by atoms with van der Waals surface area (Å²) in [6.07, 6.45) is 4.52. The molecule has 4 nitrogen and oxygen atoms in total. The molecule has 0 spiro atoms. The highest BCUT2D eigenvalue weighted by atomic mass is 35.5. The quantitative estimate of drug-likeness (QED) is 0.866. The van der Waals surface area contributed by atoms with Crippen LogP contribution in [0.1, 0.15) is 18.9 Å². The van der Waals surface area contributed by atoms with Gasteiger partial charge in [0.15, 0.2) is 0 Å². The van der Waals surface area contributed by atoms with Crippen LogP contribution in [0.5, 0.6) is 0 Å². The number of hydrogen-bond donors (Lipinski definition) is 2. The lowest BCUT2D eigenvalue weighted by Crippen LogP contribution is -2.01. The third-order valence-corrected chi connectivity index (χ3v) is 2.93. The van der Waals surface area contributed by atoms with Gasteiger partial charge in [0.2, 0.25) is 0 Å². The zero-order valence-corrected chi connectivity index (χ0v) is 11.9. The Labute approximate surface area is 123 Å². The van der Waals surface area contributed by atoms with E-state index in [1.807, 2.05) is 6.07 Å². The molecule has 1 aromatic carbocycles. The maximum absolute atomic E-state index is 9.10. The van der Waals surface area contributed by atoms with Gasteiger partial charge in [-0.2, -0.15) is 5.26 Å². The van der Waals surface area contributed by atoms with E-state index in [0.29, 0.717) is 16.3 Å². The number of nitriles is 1. The van der Waals surface area contributed by atoms with Gasteiger partial charge in [0.25, 0.3) is 0 Å². The number of rotatable bonds is 5. The Bertz CT molecular complexity index is 634. The van der Waals surface area contributed by atoms with Crippen molar-refractivity contribution in [1.29, 1.82) is 5.26 Å². The molecule has 0 amide bonds. The van der Waals surface area contributed by atoms with Crippen molar-refractivity contribution in [3.8, 4) is 6.07 Å². The van der Waals surface area contributed by atoms with E-state index in [9.17, 15) is 0 Å². The molecule has 1 aromatic heterocycles. The molecule has 0 fully saturated rings. The largest absolute Gasteiger partial charge is 0.384 e. The SMILES string of the molecule is CCCNc1cncc(Nc2cc(Cl)ccc2C#N)c1.